The Balaban J connectivity index is 1.36. The lowest BCUT2D eigenvalue weighted by Gasteiger charge is -2.41. The maximum Gasteiger partial charge on any atom is 0.234 e. The number of carbonyl (C=O) groups is 3. The molecule has 6 nitrogen and oxygen atoms in total. The van der Waals surface area contributed by atoms with Crippen molar-refractivity contribution in [3.05, 3.63) is 64.2 Å². The molecule has 9 heteroatoms. The Morgan fingerprint density at radius 3 is 2.52 bits per heavy atom. The smallest absolute Gasteiger partial charge is 0.234 e. The van der Waals surface area contributed by atoms with Crippen molar-refractivity contribution in [1.29, 1.82) is 0 Å². The van der Waals surface area contributed by atoms with E-state index < -0.39 is 29.4 Å². The summed E-state index contributed by atoms with van der Waals surface area (Å²) >= 11 is 5.92. The number of anilines is 1. The Hall–Kier alpha value is -3.00. The van der Waals surface area contributed by atoms with Crippen molar-refractivity contribution in [2.45, 2.75) is 31.2 Å². The van der Waals surface area contributed by atoms with E-state index in [2.05, 4.69) is 10.6 Å². The molecule has 0 aliphatic carbocycles. The van der Waals surface area contributed by atoms with Crippen LogP contribution in [0.4, 0.5) is 14.5 Å². The summed E-state index contributed by atoms with van der Waals surface area (Å²) in [5.74, 6) is -3.95. The number of imide groups is 1. The summed E-state index contributed by atoms with van der Waals surface area (Å²) in [4.78, 5) is 37.2. The first-order chi connectivity index (χ1) is 14.8. The summed E-state index contributed by atoms with van der Waals surface area (Å²) < 4.78 is 29.3. The first-order valence-corrected chi connectivity index (χ1v) is 10.3. The molecule has 31 heavy (non-hydrogen) atoms. The van der Waals surface area contributed by atoms with Crippen LogP contribution in [0.3, 0.4) is 0 Å². The first-order valence-electron chi connectivity index (χ1n) is 9.91. The zero-order chi connectivity index (χ0) is 22.1. The molecule has 0 saturated carbocycles. The van der Waals surface area contributed by atoms with E-state index in [-0.39, 0.29) is 36.8 Å². The molecule has 1 unspecified atom stereocenters. The molecule has 0 aromatic heterocycles. The SMILES string of the molecule is O=C1CCC(c2c(F)cc(N3CC(NC(=O)Cc4cccc(Cl)c4)C3)cc2F)C(=O)N1. The zero-order valence-electron chi connectivity index (χ0n) is 16.5. The van der Waals surface area contributed by atoms with Crippen molar-refractivity contribution in [3.63, 3.8) is 0 Å². The number of nitrogens with zero attached hydrogens (tertiary/aromatic N) is 1. The summed E-state index contributed by atoms with van der Waals surface area (Å²) in [5, 5.41) is 5.57. The molecule has 2 fully saturated rings. The number of carbonyl (C=O) groups excluding carboxylic acids is 3. The molecule has 2 aromatic carbocycles. The van der Waals surface area contributed by atoms with Crippen LogP contribution in [0, 0.1) is 11.6 Å². The molecule has 2 heterocycles. The van der Waals surface area contributed by atoms with Crippen LogP contribution in [0.15, 0.2) is 36.4 Å². The minimum Gasteiger partial charge on any atom is -0.367 e. The summed E-state index contributed by atoms with van der Waals surface area (Å²) in [5.41, 5.74) is 0.821. The molecule has 1 atom stereocenters. The van der Waals surface area contributed by atoms with Gasteiger partial charge in [-0.2, -0.15) is 0 Å². The quantitative estimate of drug-likeness (QED) is 0.691. The topological polar surface area (TPSA) is 78.5 Å². The third-order valence-corrected chi connectivity index (χ3v) is 5.75. The first kappa shape index (κ1) is 21.2. The fourth-order valence-electron chi connectivity index (χ4n) is 3.95. The van der Waals surface area contributed by atoms with E-state index >= 15 is 0 Å². The minimum atomic E-state index is -1.03. The van der Waals surface area contributed by atoms with Crippen LogP contribution in [0.2, 0.25) is 5.02 Å². The van der Waals surface area contributed by atoms with E-state index in [9.17, 15) is 23.2 Å². The molecule has 0 radical (unpaired) electrons. The molecule has 4 rings (SSSR count). The molecule has 2 saturated heterocycles. The number of rotatable bonds is 5. The normalized spacial score (nSPS) is 19.1. The lowest BCUT2D eigenvalue weighted by atomic mass is 9.89. The van der Waals surface area contributed by atoms with Crippen molar-refractivity contribution < 1.29 is 23.2 Å². The average Bonchev–Trinajstić information content (AvgIpc) is 2.65. The van der Waals surface area contributed by atoms with Crippen LogP contribution in [0.25, 0.3) is 0 Å². The fourth-order valence-corrected chi connectivity index (χ4v) is 4.16. The van der Waals surface area contributed by atoms with Crippen LogP contribution >= 0.6 is 11.6 Å². The second-order valence-electron chi connectivity index (χ2n) is 7.80. The van der Waals surface area contributed by atoms with Crippen LogP contribution in [-0.2, 0) is 20.8 Å². The number of hydrogen-bond donors (Lipinski definition) is 2. The number of hydrogen-bond acceptors (Lipinski definition) is 4. The van der Waals surface area contributed by atoms with Crippen LogP contribution in [0.1, 0.15) is 29.9 Å². The zero-order valence-corrected chi connectivity index (χ0v) is 17.2. The van der Waals surface area contributed by atoms with Gasteiger partial charge in [-0.1, -0.05) is 23.7 Å². The van der Waals surface area contributed by atoms with E-state index in [1.54, 1.807) is 23.1 Å². The van der Waals surface area contributed by atoms with Crippen LogP contribution in [0.5, 0.6) is 0 Å². The van der Waals surface area contributed by atoms with Gasteiger partial charge in [-0.05, 0) is 36.2 Å². The van der Waals surface area contributed by atoms with Crippen molar-refractivity contribution >= 4 is 35.0 Å². The predicted molar refractivity (Wildman–Crippen MR) is 111 cm³/mol. The molecular weight excluding hydrogens is 428 g/mol. The Bertz CT molecular complexity index is 1030. The van der Waals surface area contributed by atoms with E-state index in [1.807, 2.05) is 6.07 Å². The fraction of sp³-hybridized carbons (Fsp3) is 0.318. The van der Waals surface area contributed by atoms with Crippen molar-refractivity contribution in [2.75, 3.05) is 18.0 Å². The minimum absolute atomic E-state index is 0.0414. The van der Waals surface area contributed by atoms with Crippen molar-refractivity contribution in [2.24, 2.45) is 0 Å². The second-order valence-corrected chi connectivity index (χ2v) is 8.24. The largest absolute Gasteiger partial charge is 0.367 e. The summed E-state index contributed by atoms with van der Waals surface area (Å²) in [6, 6.07) is 9.29. The predicted octanol–water partition coefficient (Wildman–Crippen LogP) is 2.69. The molecule has 2 aromatic rings. The third-order valence-electron chi connectivity index (χ3n) is 5.52. The molecular formula is C22H20ClF2N3O3. The average molecular weight is 448 g/mol. The maximum absolute atomic E-state index is 14.7. The molecule has 162 valence electrons. The Kier molecular flexibility index (Phi) is 5.91. The van der Waals surface area contributed by atoms with Gasteiger partial charge in [0.1, 0.15) is 11.6 Å². The lowest BCUT2D eigenvalue weighted by Crippen LogP contribution is -2.59. The Labute approximate surface area is 182 Å². The molecule has 0 spiro atoms. The molecule has 0 bridgehead atoms. The van der Waals surface area contributed by atoms with Gasteiger partial charge in [-0.3, -0.25) is 19.7 Å². The van der Waals surface area contributed by atoms with Crippen molar-refractivity contribution in [1.82, 2.24) is 10.6 Å². The highest BCUT2D eigenvalue weighted by atomic mass is 35.5. The van der Waals surface area contributed by atoms with Crippen LogP contribution in [-0.4, -0.2) is 36.9 Å². The van der Waals surface area contributed by atoms with Gasteiger partial charge in [-0.15, -0.1) is 0 Å². The Morgan fingerprint density at radius 1 is 1.16 bits per heavy atom. The van der Waals surface area contributed by atoms with Gasteiger partial charge in [0.15, 0.2) is 0 Å². The highest BCUT2D eigenvalue weighted by Gasteiger charge is 2.34. The standard InChI is InChI=1S/C22H20ClF2N3O3/c23-13-3-1-2-12(6-13)7-20(30)26-14-10-28(11-14)15-8-17(24)21(18(25)9-15)16-4-5-19(29)27-22(16)31/h1-3,6,8-9,14,16H,4-5,7,10-11H2,(H,26,30)(H,27,29,31). The highest BCUT2D eigenvalue weighted by molar-refractivity contribution is 6.30. The molecule has 3 amide bonds. The number of piperidine rings is 1. The third kappa shape index (κ3) is 4.69. The van der Waals surface area contributed by atoms with Gasteiger partial charge < -0.3 is 10.2 Å². The van der Waals surface area contributed by atoms with Crippen LogP contribution < -0.4 is 15.5 Å². The molecule has 2 aliphatic heterocycles. The highest BCUT2D eigenvalue weighted by Crippen LogP contribution is 2.33. The summed E-state index contributed by atoms with van der Waals surface area (Å²) in [6.45, 7) is 0.829. The summed E-state index contributed by atoms with van der Waals surface area (Å²) in [7, 11) is 0. The molecule has 2 N–H and O–H groups in total. The summed E-state index contributed by atoms with van der Waals surface area (Å²) in [6.07, 6.45) is 0.309. The lowest BCUT2D eigenvalue weighted by molar-refractivity contribution is -0.134. The van der Waals surface area contributed by atoms with Gasteiger partial charge in [-0.25, -0.2) is 8.78 Å². The van der Waals surface area contributed by atoms with Crippen molar-refractivity contribution in [3.8, 4) is 0 Å². The van der Waals surface area contributed by atoms with Gasteiger partial charge in [0.2, 0.25) is 17.7 Å². The van der Waals surface area contributed by atoms with Gasteiger partial charge in [0.05, 0.1) is 18.4 Å². The number of halogens is 3. The Morgan fingerprint density at radius 2 is 1.87 bits per heavy atom. The van der Waals surface area contributed by atoms with E-state index in [0.717, 1.165) is 5.56 Å². The number of amides is 3. The molecule has 2 aliphatic rings. The van der Waals surface area contributed by atoms with Gasteiger partial charge in [0, 0.05) is 35.8 Å². The van der Waals surface area contributed by atoms with E-state index in [4.69, 9.17) is 11.6 Å². The van der Waals surface area contributed by atoms with Gasteiger partial charge in [0.25, 0.3) is 0 Å². The monoisotopic (exact) mass is 447 g/mol. The van der Waals surface area contributed by atoms with E-state index in [0.29, 0.717) is 23.8 Å². The van der Waals surface area contributed by atoms with E-state index in [1.165, 1.54) is 12.1 Å². The second kappa shape index (κ2) is 8.63. The maximum atomic E-state index is 14.7. The number of benzene rings is 2. The number of nitrogens with one attached hydrogen (secondary N) is 2. The van der Waals surface area contributed by atoms with Gasteiger partial charge >= 0.3 is 0 Å².